The highest BCUT2D eigenvalue weighted by Gasteiger charge is 2.27. The van der Waals surface area contributed by atoms with Gasteiger partial charge >= 0.3 is 0 Å². The predicted molar refractivity (Wildman–Crippen MR) is 55.8 cm³/mol. The lowest BCUT2D eigenvalue weighted by Gasteiger charge is -2.18. The van der Waals surface area contributed by atoms with Crippen LogP contribution < -0.4 is 5.14 Å². The maximum absolute atomic E-state index is 11.2. The molecule has 0 bridgehead atoms. The molecule has 0 radical (unpaired) electrons. The summed E-state index contributed by atoms with van der Waals surface area (Å²) in [5, 5.41) is 12.4. The largest absolute Gasteiger partial charge is 0.301 e. The van der Waals surface area contributed by atoms with E-state index in [4.69, 9.17) is 5.14 Å². The van der Waals surface area contributed by atoms with Gasteiger partial charge < -0.3 is 4.57 Å². The van der Waals surface area contributed by atoms with E-state index >= 15 is 0 Å². The van der Waals surface area contributed by atoms with Gasteiger partial charge in [0.2, 0.25) is 0 Å². The molecule has 0 aliphatic heterocycles. The molecule has 15 heavy (non-hydrogen) atoms. The highest BCUT2D eigenvalue weighted by Crippen LogP contribution is 2.21. The highest BCUT2D eigenvalue weighted by molar-refractivity contribution is 7.89. The van der Waals surface area contributed by atoms with Crippen LogP contribution in [0.1, 0.15) is 33.5 Å². The first kappa shape index (κ1) is 12.1. The van der Waals surface area contributed by atoms with Crippen molar-refractivity contribution >= 4 is 10.0 Å². The fourth-order valence-corrected chi connectivity index (χ4v) is 2.02. The van der Waals surface area contributed by atoms with Crippen LogP contribution in [0.2, 0.25) is 0 Å². The third kappa shape index (κ3) is 2.35. The lowest BCUT2D eigenvalue weighted by molar-refractivity contribution is 0.488. The van der Waals surface area contributed by atoms with Gasteiger partial charge in [-0.2, -0.15) is 0 Å². The maximum atomic E-state index is 11.2. The van der Waals surface area contributed by atoms with E-state index in [2.05, 4.69) is 10.2 Å². The van der Waals surface area contributed by atoms with Gasteiger partial charge in [-0.15, -0.1) is 10.2 Å². The van der Waals surface area contributed by atoms with Crippen molar-refractivity contribution in [1.82, 2.24) is 14.8 Å². The Kier molecular flexibility index (Phi) is 2.88. The number of hydrogen-bond donors (Lipinski definition) is 1. The zero-order chi connectivity index (χ0) is 11.9. The van der Waals surface area contributed by atoms with E-state index in [-0.39, 0.29) is 10.6 Å². The van der Waals surface area contributed by atoms with Gasteiger partial charge in [0.25, 0.3) is 15.2 Å². The molecule has 1 aromatic heterocycles. The Balaban J connectivity index is 3.44. The molecule has 0 saturated heterocycles. The molecule has 7 heteroatoms. The number of hydrogen-bond acceptors (Lipinski definition) is 4. The van der Waals surface area contributed by atoms with Gasteiger partial charge in [0.15, 0.2) is 0 Å². The van der Waals surface area contributed by atoms with E-state index in [0.29, 0.717) is 12.4 Å². The zero-order valence-electron chi connectivity index (χ0n) is 9.35. The zero-order valence-corrected chi connectivity index (χ0v) is 10.2. The van der Waals surface area contributed by atoms with Crippen molar-refractivity contribution in [2.24, 2.45) is 5.14 Å². The molecule has 6 nitrogen and oxygen atoms in total. The van der Waals surface area contributed by atoms with Gasteiger partial charge in [0, 0.05) is 12.0 Å². The Hall–Kier alpha value is -0.950. The van der Waals surface area contributed by atoms with Crippen LogP contribution in [-0.2, 0) is 22.0 Å². The lowest BCUT2D eigenvalue weighted by atomic mass is 9.96. The van der Waals surface area contributed by atoms with Crippen LogP contribution in [0.3, 0.4) is 0 Å². The number of aromatic nitrogens is 3. The summed E-state index contributed by atoms with van der Waals surface area (Å²) in [6.07, 6.45) is 0. The minimum Gasteiger partial charge on any atom is -0.301 e. The summed E-state index contributed by atoms with van der Waals surface area (Å²) >= 11 is 0. The molecule has 0 aliphatic rings. The molecule has 0 fully saturated rings. The minimum absolute atomic E-state index is 0.171. The first-order valence-corrected chi connectivity index (χ1v) is 6.19. The standard InChI is InChI=1S/C8H16N4O2S/c1-5-12-6(8(2,3)4)10-11-7(12)15(9,13)14/h5H2,1-4H3,(H2,9,13,14). The van der Waals surface area contributed by atoms with Crippen molar-refractivity contribution in [2.45, 2.75) is 44.8 Å². The molecule has 0 amide bonds. The molecule has 0 unspecified atom stereocenters. The van der Waals surface area contributed by atoms with Crippen molar-refractivity contribution in [3.8, 4) is 0 Å². The second-order valence-corrected chi connectivity index (χ2v) is 5.80. The van der Waals surface area contributed by atoms with Gasteiger partial charge in [-0.05, 0) is 6.92 Å². The third-order valence-corrected chi connectivity index (χ3v) is 2.77. The smallest absolute Gasteiger partial charge is 0.273 e. The first-order valence-electron chi connectivity index (χ1n) is 4.64. The summed E-state index contributed by atoms with van der Waals surface area (Å²) in [6, 6.07) is 0. The van der Waals surface area contributed by atoms with E-state index in [1.165, 1.54) is 4.57 Å². The fourth-order valence-electron chi connectivity index (χ4n) is 1.34. The Morgan fingerprint density at radius 3 is 2.20 bits per heavy atom. The lowest BCUT2D eigenvalue weighted by Crippen LogP contribution is -2.23. The second-order valence-electron chi connectivity index (χ2n) is 4.35. The number of nitrogens with two attached hydrogens (primary N) is 1. The number of nitrogens with zero attached hydrogens (tertiary/aromatic N) is 3. The highest BCUT2D eigenvalue weighted by atomic mass is 32.2. The van der Waals surface area contributed by atoms with E-state index in [1.54, 1.807) is 0 Å². The van der Waals surface area contributed by atoms with Gasteiger partial charge in [0.05, 0.1) is 0 Å². The molecule has 0 aromatic carbocycles. The summed E-state index contributed by atoms with van der Waals surface area (Å²) in [4.78, 5) is 0. The van der Waals surface area contributed by atoms with E-state index in [1.807, 2.05) is 27.7 Å². The number of primary sulfonamides is 1. The van der Waals surface area contributed by atoms with Crippen molar-refractivity contribution in [3.63, 3.8) is 0 Å². The molecular weight excluding hydrogens is 216 g/mol. The molecule has 0 spiro atoms. The predicted octanol–water partition coefficient (Wildman–Crippen LogP) is 0.243. The van der Waals surface area contributed by atoms with Crippen LogP contribution in [0.25, 0.3) is 0 Å². The SMILES string of the molecule is CCn1c(C(C)(C)C)nnc1S(N)(=O)=O. The first-order chi connectivity index (χ1) is 6.68. The summed E-state index contributed by atoms with van der Waals surface area (Å²) in [6.45, 7) is 8.13. The van der Waals surface area contributed by atoms with E-state index in [0.717, 1.165) is 0 Å². The summed E-state index contributed by atoms with van der Waals surface area (Å²) in [7, 11) is -3.80. The normalized spacial score (nSPS) is 13.1. The van der Waals surface area contributed by atoms with Gasteiger partial charge in [0.1, 0.15) is 5.82 Å². The molecular formula is C8H16N4O2S. The fraction of sp³-hybridized carbons (Fsp3) is 0.750. The average Bonchev–Trinajstić information content (AvgIpc) is 2.43. The molecule has 86 valence electrons. The third-order valence-electron chi connectivity index (χ3n) is 1.96. The van der Waals surface area contributed by atoms with Crippen molar-refractivity contribution < 1.29 is 8.42 Å². The van der Waals surface area contributed by atoms with Crippen molar-refractivity contribution in [2.75, 3.05) is 0 Å². The van der Waals surface area contributed by atoms with Gasteiger partial charge in [-0.3, -0.25) is 0 Å². The Labute approximate surface area is 89.5 Å². The van der Waals surface area contributed by atoms with Crippen LogP contribution in [0, 0.1) is 0 Å². The van der Waals surface area contributed by atoms with Crippen LogP contribution in [-0.4, -0.2) is 23.2 Å². The Morgan fingerprint density at radius 1 is 1.33 bits per heavy atom. The second kappa shape index (κ2) is 3.57. The minimum atomic E-state index is -3.80. The number of rotatable bonds is 2. The maximum Gasteiger partial charge on any atom is 0.273 e. The average molecular weight is 232 g/mol. The van der Waals surface area contributed by atoms with Crippen LogP contribution in [0.5, 0.6) is 0 Å². The quantitative estimate of drug-likeness (QED) is 0.791. The topological polar surface area (TPSA) is 90.9 Å². The van der Waals surface area contributed by atoms with Crippen LogP contribution in [0.4, 0.5) is 0 Å². The van der Waals surface area contributed by atoms with E-state index in [9.17, 15) is 8.42 Å². The molecule has 0 atom stereocenters. The van der Waals surface area contributed by atoms with Crippen LogP contribution in [0.15, 0.2) is 5.16 Å². The van der Waals surface area contributed by atoms with Gasteiger partial charge in [-0.1, -0.05) is 20.8 Å². The monoisotopic (exact) mass is 232 g/mol. The van der Waals surface area contributed by atoms with Crippen molar-refractivity contribution in [1.29, 1.82) is 0 Å². The molecule has 0 aliphatic carbocycles. The van der Waals surface area contributed by atoms with E-state index < -0.39 is 10.0 Å². The summed E-state index contributed by atoms with van der Waals surface area (Å²) < 4.78 is 23.9. The number of sulfonamides is 1. The van der Waals surface area contributed by atoms with Crippen LogP contribution >= 0.6 is 0 Å². The Bertz CT molecular complexity index is 455. The molecule has 1 heterocycles. The van der Waals surface area contributed by atoms with Crippen molar-refractivity contribution in [3.05, 3.63) is 5.82 Å². The molecule has 0 saturated carbocycles. The molecule has 2 N–H and O–H groups in total. The summed E-state index contributed by atoms with van der Waals surface area (Å²) in [5.41, 5.74) is -0.258. The molecule has 1 aromatic rings. The van der Waals surface area contributed by atoms with Gasteiger partial charge in [-0.25, -0.2) is 13.6 Å². The molecule has 1 rings (SSSR count). The Morgan fingerprint density at radius 2 is 1.87 bits per heavy atom. The summed E-state index contributed by atoms with van der Waals surface area (Å²) in [5.74, 6) is 0.619.